The van der Waals surface area contributed by atoms with Gasteiger partial charge in [-0.05, 0) is 42.2 Å². The molecule has 1 aliphatic heterocycles. The number of nitrogens with zero attached hydrogens (tertiary/aromatic N) is 1. The maximum atomic E-state index is 13.2. The van der Waals surface area contributed by atoms with Crippen molar-refractivity contribution in [3.63, 3.8) is 0 Å². The number of benzene rings is 2. The fraction of sp³-hybridized carbons (Fsp3) is 0.348. The first-order chi connectivity index (χ1) is 14.4. The van der Waals surface area contributed by atoms with Crippen LogP contribution in [-0.2, 0) is 19.1 Å². The minimum Gasteiger partial charge on any atom is -0.455 e. The molecule has 2 amide bonds. The molecule has 7 heteroatoms. The van der Waals surface area contributed by atoms with E-state index in [1.54, 1.807) is 4.90 Å². The number of carbonyl (C=O) groups excluding carboxylic acids is 3. The average Bonchev–Trinajstić information content (AvgIpc) is 3.13. The van der Waals surface area contributed by atoms with Crippen molar-refractivity contribution in [3.05, 3.63) is 59.9 Å². The van der Waals surface area contributed by atoms with E-state index in [9.17, 15) is 18.8 Å². The first-order valence-electron chi connectivity index (χ1n) is 10.00. The van der Waals surface area contributed by atoms with Gasteiger partial charge in [0.2, 0.25) is 5.91 Å². The molecule has 0 radical (unpaired) electrons. The Morgan fingerprint density at radius 3 is 2.73 bits per heavy atom. The quantitative estimate of drug-likeness (QED) is 0.701. The van der Waals surface area contributed by atoms with Gasteiger partial charge in [-0.25, -0.2) is 4.39 Å². The molecule has 158 valence electrons. The van der Waals surface area contributed by atoms with E-state index in [1.165, 1.54) is 24.3 Å². The molecular weight excluding hydrogens is 387 g/mol. The Morgan fingerprint density at radius 1 is 1.23 bits per heavy atom. The van der Waals surface area contributed by atoms with Crippen LogP contribution in [-0.4, -0.2) is 30.9 Å². The summed E-state index contributed by atoms with van der Waals surface area (Å²) in [5.41, 5.74) is 2.16. The number of nitrogens with one attached hydrogen (secondary N) is 1. The van der Waals surface area contributed by atoms with E-state index >= 15 is 0 Å². The molecule has 1 saturated heterocycles. The fourth-order valence-corrected chi connectivity index (χ4v) is 3.49. The number of hydrogen-bond donors (Lipinski definition) is 1. The first-order valence-corrected chi connectivity index (χ1v) is 10.00. The number of esters is 1. The molecule has 0 aliphatic carbocycles. The summed E-state index contributed by atoms with van der Waals surface area (Å²) in [7, 11) is 0. The molecule has 3 rings (SSSR count). The molecule has 2 aromatic carbocycles. The van der Waals surface area contributed by atoms with E-state index in [4.69, 9.17) is 4.74 Å². The molecule has 0 saturated carbocycles. The minimum atomic E-state index is -0.635. The standard InChI is InChI=1S/C23H25FN2O4/c1-3-15(2)19-9-4-5-10-20(19)26-13-16(11-22(26)28)23(29)30-14-21(27)25-18-8-6-7-17(24)12-18/h4-10,12,15-16H,3,11,13-14H2,1-2H3,(H,25,27)/t15-,16-/m0/s1. The summed E-state index contributed by atoms with van der Waals surface area (Å²) in [6.07, 6.45) is 0.976. The molecule has 0 spiro atoms. The highest BCUT2D eigenvalue weighted by atomic mass is 19.1. The lowest BCUT2D eigenvalue weighted by molar-refractivity contribution is -0.151. The van der Waals surface area contributed by atoms with E-state index in [0.29, 0.717) is 0 Å². The van der Waals surface area contributed by atoms with Gasteiger partial charge in [-0.15, -0.1) is 0 Å². The smallest absolute Gasteiger partial charge is 0.311 e. The molecule has 6 nitrogen and oxygen atoms in total. The molecule has 2 atom stereocenters. The highest BCUT2D eigenvalue weighted by Crippen LogP contribution is 2.33. The summed E-state index contributed by atoms with van der Waals surface area (Å²) in [6, 6.07) is 13.1. The molecule has 1 aliphatic rings. The van der Waals surface area contributed by atoms with E-state index in [0.717, 1.165) is 17.7 Å². The number of carbonyl (C=O) groups is 3. The predicted molar refractivity (Wildman–Crippen MR) is 112 cm³/mol. The average molecular weight is 412 g/mol. The first kappa shape index (κ1) is 21.5. The predicted octanol–water partition coefficient (Wildman–Crippen LogP) is 3.87. The van der Waals surface area contributed by atoms with Crippen LogP contribution in [0, 0.1) is 11.7 Å². The second-order valence-corrected chi connectivity index (χ2v) is 7.44. The largest absolute Gasteiger partial charge is 0.455 e. The second kappa shape index (κ2) is 9.52. The van der Waals surface area contributed by atoms with Crippen molar-refractivity contribution in [1.29, 1.82) is 0 Å². The molecule has 0 unspecified atom stereocenters. The Hall–Kier alpha value is -3.22. The summed E-state index contributed by atoms with van der Waals surface area (Å²) in [6.45, 7) is 3.91. The van der Waals surface area contributed by atoms with Crippen molar-refractivity contribution in [2.75, 3.05) is 23.4 Å². The van der Waals surface area contributed by atoms with E-state index in [2.05, 4.69) is 19.2 Å². The topological polar surface area (TPSA) is 75.7 Å². The lowest BCUT2D eigenvalue weighted by atomic mass is 9.96. The highest BCUT2D eigenvalue weighted by Gasteiger charge is 2.37. The van der Waals surface area contributed by atoms with Gasteiger partial charge in [0.05, 0.1) is 5.92 Å². The number of halogens is 1. The summed E-state index contributed by atoms with van der Waals surface area (Å²) in [4.78, 5) is 38.6. The zero-order valence-corrected chi connectivity index (χ0v) is 17.1. The molecular formula is C23H25FN2O4. The fourth-order valence-electron chi connectivity index (χ4n) is 3.49. The van der Waals surface area contributed by atoms with Crippen molar-refractivity contribution in [1.82, 2.24) is 0 Å². The summed E-state index contributed by atoms with van der Waals surface area (Å²) in [5.74, 6) is -2.14. The van der Waals surface area contributed by atoms with Crippen molar-refractivity contribution >= 4 is 29.2 Å². The Balaban J connectivity index is 1.58. The molecule has 1 fully saturated rings. The summed E-state index contributed by atoms with van der Waals surface area (Å²) in [5, 5.41) is 2.46. The van der Waals surface area contributed by atoms with E-state index in [-0.39, 0.29) is 30.5 Å². The third-order valence-corrected chi connectivity index (χ3v) is 5.28. The summed E-state index contributed by atoms with van der Waals surface area (Å²) >= 11 is 0. The van der Waals surface area contributed by atoms with Crippen LogP contribution in [0.1, 0.15) is 38.2 Å². The summed E-state index contributed by atoms with van der Waals surface area (Å²) < 4.78 is 18.3. The molecule has 30 heavy (non-hydrogen) atoms. The number of amides is 2. The van der Waals surface area contributed by atoms with Gasteiger partial charge < -0.3 is 15.0 Å². The van der Waals surface area contributed by atoms with Gasteiger partial charge in [-0.2, -0.15) is 0 Å². The second-order valence-electron chi connectivity index (χ2n) is 7.44. The van der Waals surface area contributed by atoms with Crippen LogP contribution in [0.25, 0.3) is 0 Å². The van der Waals surface area contributed by atoms with Gasteiger partial charge in [0.25, 0.3) is 5.91 Å². The Labute approximate surface area is 175 Å². The number of rotatable bonds is 7. The zero-order chi connectivity index (χ0) is 21.7. The Morgan fingerprint density at radius 2 is 2.00 bits per heavy atom. The van der Waals surface area contributed by atoms with Gasteiger partial charge in [0, 0.05) is 24.3 Å². The normalized spacial score (nSPS) is 17.0. The maximum Gasteiger partial charge on any atom is 0.311 e. The van der Waals surface area contributed by atoms with Crippen LogP contribution in [0.2, 0.25) is 0 Å². The lowest BCUT2D eigenvalue weighted by Gasteiger charge is -2.23. The number of ether oxygens (including phenoxy) is 1. The zero-order valence-electron chi connectivity index (χ0n) is 17.1. The monoisotopic (exact) mass is 412 g/mol. The van der Waals surface area contributed by atoms with Gasteiger partial charge in [-0.3, -0.25) is 14.4 Å². The number of anilines is 2. The highest BCUT2D eigenvalue weighted by molar-refractivity contribution is 6.00. The van der Waals surface area contributed by atoms with Gasteiger partial charge in [0.1, 0.15) is 5.82 Å². The van der Waals surface area contributed by atoms with Crippen molar-refractivity contribution < 1.29 is 23.5 Å². The molecule has 2 aromatic rings. The maximum absolute atomic E-state index is 13.2. The van der Waals surface area contributed by atoms with Crippen molar-refractivity contribution in [2.45, 2.75) is 32.6 Å². The Bertz CT molecular complexity index is 946. The van der Waals surface area contributed by atoms with Crippen LogP contribution >= 0.6 is 0 Å². The molecule has 1 N–H and O–H groups in total. The third kappa shape index (κ3) is 5.03. The van der Waals surface area contributed by atoms with Crippen LogP contribution in [0.3, 0.4) is 0 Å². The van der Waals surface area contributed by atoms with Gasteiger partial charge in [-0.1, -0.05) is 38.1 Å². The Kier molecular flexibility index (Phi) is 6.82. The van der Waals surface area contributed by atoms with Crippen molar-refractivity contribution in [3.8, 4) is 0 Å². The number of para-hydroxylation sites is 1. The molecule has 0 aromatic heterocycles. The SMILES string of the molecule is CC[C@H](C)c1ccccc1N1C[C@@H](C(=O)OCC(=O)Nc2cccc(F)c2)CC1=O. The van der Waals surface area contributed by atoms with Crippen LogP contribution in [0.4, 0.5) is 15.8 Å². The minimum absolute atomic E-state index is 0.0409. The lowest BCUT2D eigenvalue weighted by Crippen LogP contribution is -2.29. The van der Waals surface area contributed by atoms with Gasteiger partial charge in [0.15, 0.2) is 6.61 Å². The van der Waals surface area contributed by atoms with Crippen LogP contribution < -0.4 is 10.2 Å². The van der Waals surface area contributed by atoms with E-state index < -0.39 is 30.2 Å². The third-order valence-electron chi connectivity index (χ3n) is 5.28. The van der Waals surface area contributed by atoms with Crippen LogP contribution in [0.15, 0.2) is 48.5 Å². The van der Waals surface area contributed by atoms with Gasteiger partial charge >= 0.3 is 5.97 Å². The van der Waals surface area contributed by atoms with Crippen molar-refractivity contribution in [2.24, 2.45) is 5.92 Å². The van der Waals surface area contributed by atoms with E-state index in [1.807, 2.05) is 24.3 Å². The molecule has 0 bridgehead atoms. The number of hydrogen-bond acceptors (Lipinski definition) is 4. The van der Waals surface area contributed by atoms with Crippen LogP contribution in [0.5, 0.6) is 0 Å². The molecule has 1 heterocycles.